The van der Waals surface area contributed by atoms with E-state index < -0.39 is 0 Å². The number of furan rings is 1. The monoisotopic (exact) mass is 305 g/mol. The molecule has 2 atom stereocenters. The van der Waals surface area contributed by atoms with Crippen molar-refractivity contribution in [1.29, 1.82) is 0 Å². The molecule has 2 heterocycles. The summed E-state index contributed by atoms with van der Waals surface area (Å²) in [6, 6.07) is 24.7. The highest BCUT2D eigenvalue weighted by Gasteiger charge is 2.35. The van der Waals surface area contributed by atoms with Gasteiger partial charge in [-0.15, -0.1) is 0 Å². The second kappa shape index (κ2) is 6.41. The molecule has 0 spiro atoms. The van der Waals surface area contributed by atoms with Crippen LogP contribution >= 0.6 is 0 Å². The van der Waals surface area contributed by atoms with Crippen molar-refractivity contribution in [2.24, 2.45) is 0 Å². The van der Waals surface area contributed by atoms with Gasteiger partial charge in [-0.25, -0.2) is 0 Å². The average Bonchev–Trinajstić information content (AvgIpc) is 3.27. The maximum atomic E-state index is 6.38. The highest BCUT2D eigenvalue weighted by Crippen LogP contribution is 2.38. The number of ether oxygens (including phenoxy) is 1. The summed E-state index contributed by atoms with van der Waals surface area (Å²) in [5, 5.41) is 0. The van der Waals surface area contributed by atoms with Gasteiger partial charge >= 0.3 is 0 Å². The lowest BCUT2D eigenvalue weighted by molar-refractivity contribution is -0.00681. The van der Waals surface area contributed by atoms with Crippen molar-refractivity contribution in [2.45, 2.75) is 18.9 Å². The van der Waals surface area contributed by atoms with E-state index in [0.29, 0.717) is 0 Å². The Bertz CT molecular complexity index is 725. The minimum Gasteiger partial charge on any atom is -0.468 e. The Morgan fingerprint density at radius 2 is 1.52 bits per heavy atom. The van der Waals surface area contributed by atoms with Gasteiger partial charge in [0.15, 0.2) is 0 Å². The van der Waals surface area contributed by atoms with Gasteiger partial charge < -0.3 is 9.15 Å². The normalized spacial score (nSPS) is 21.6. The summed E-state index contributed by atoms with van der Waals surface area (Å²) in [6.07, 6.45) is 1.75. The predicted octanol–water partition coefficient (Wildman–Crippen LogP) is 4.55. The fourth-order valence-electron chi connectivity index (χ4n) is 3.10. The fourth-order valence-corrected chi connectivity index (χ4v) is 3.10. The second-order valence-corrected chi connectivity index (χ2v) is 5.81. The Hall–Kier alpha value is -2.36. The Labute approximate surface area is 136 Å². The molecule has 0 amide bonds. The summed E-state index contributed by atoms with van der Waals surface area (Å²) < 4.78 is 11.9. The van der Waals surface area contributed by atoms with Gasteiger partial charge in [0.1, 0.15) is 12.0 Å². The molecule has 3 heteroatoms. The smallest absolute Gasteiger partial charge is 0.138 e. The van der Waals surface area contributed by atoms with Crippen molar-refractivity contribution < 1.29 is 9.15 Å². The molecule has 0 radical (unpaired) electrons. The van der Waals surface area contributed by atoms with E-state index >= 15 is 0 Å². The molecule has 0 saturated carbocycles. The van der Waals surface area contributed by atoms with Crippen LogP contribution in [0.15, 0.2) is 83.5 Å². The zero-order valence-corrected chi connectivity index (χ0v) is 12.8. The molecule has 1 saturated heterocycles. The second-order valence-electron chi connectivity index (χ2n) is 5.81. The van der Waals surface area contributed by atoms with Crippen LogP contribution in [-0.4, -0.2) is 11.4 Å². The number of benzene rings is 2. The van der Waals surface area contributed by atoms with Gasteiger partial charge in [-0.05, 0) is 23.3 Å². The van der Waals surface area contributed by atoms with Crippen LogP contribution in [0.25, 0.3) is 0 Å². The molecule has 1 fully saturated rings. The number of nitrogens with zero attached hydrogens (tertiary/aromatic N) is 1. The number of hydrogen-bond acceptors (Lipinski definition) is 3. The van der Waals surface area contributed by atoms with Gasteiger partial charge in [-0.2, -0.15) is 0 Å². The third kappa shape index (κ3) is 3.07. The van der Waals surface area contributed by atoms with E-state index in [1.165, 1.54) is 11.1 Å². The number of rotatable bonds is 4. The predicted molar refractivity (Wildman–Crippen MR) is 88.6 cm³/mol. The largest absolute Gasteiger partial charge is 0.468 e. The standard InChI is InChI=1S/C20H19NO2/c1-3-8-16(9-4-1)19-15-21(14-18-12-7-13-22-18)20(23-19)17-10-5-2-6-11-17/h1-13,19-20H,14-15H2/t19-,20-/m0/s1. The summed E-state index contributed by atoms with van der Waals surface area (Å²) in [7, 11) is 0. The molecule has 116 valence electrons. The molecular formula is C20H19NO2. The summed E-state index contributed by atoms with van der Waals surface area (Å²) in [5.74, 6) is 0.961. The Morgan fingerprint density at radius 3 is 2.17 bits per heavy atom. The maximum Gasteiger partial charge on any atom is 0.138 e. The highest BCUT2D eigenvalue weighted by atomic mass is 16.5. The van der Waals surface area contributed by atoms with Crippen LogP contribution in [-0.2, 0) is 11.3 Å². The lowest BCUT2D eigenvalue weighted by Crippen LogP contribution is -2.23. The van der Waals surface area contributed by atoms with Crippen LogP contribution in [0.3, 0.4) is 0 Å². The van der Waals surface area contributed by atoms with Crippen molar-refractivity contribution in [3.05, 3.63) is 95.9 Å². The average molecular weight is 305 g/mol. The third-order valence-corrected chi connectivity index (χ3v) is 4.22. The van der Waals surface area contributed by atoms with E-state index in [2.05, 4.69) is 53.4 Å². The van der Waals surface area contributed by atoms with Crippen LogP contribution in [0.2, 0.25) is 0 Å². The Kier molecular flexibility index (Phi) is 3.97. The molecule has 23 heavy (non-hydrogen) atoms. The van der Waals surface area contributed by atoms with Crippen LogP contribution in [0.4, 0.5) is 0 Å². The molecule has 3 aromatic rings. The first kappa shape index (κ1) is 14.2. The summed E-state index contributed by atoms with van der Waals surface area (Å²) >= 11 is 0. The van der Waals surface area contributed by atoms with E-state index in [1.54, 1.807) is 6.26 Å². The number of hydrogen-bond donors (Lipinski definition) is 0. The molecule has 1 aliphatic heterocycles. The first-order valence-corrected chi connectivity index (χ1v) is 7.92. The molecule has 0 aliphatic carbocycles. The first-order valence-electron chi connectivity index (χ1n) is 7.92. The van der Waals surface area contributed by atoms with Crippen molar-refractivity contribution in [2.75, 3.05) is 6.54 Å². The molecular weight excluding hydrogens is 286 g/mol. The SMILES string of the molecule is c1ccc([C@@H]2CN(Cc3ccco3)[C@H](c3ccccc3)O2)cc1. The molecule has 2 aromatic carbocycles. The molecule has 4 rings (SSSR count). The highest BCUT2D eigenvalue weighted by molar-refractivity contribution is 5.22. The minimum absolute atomic E-state index is 0.0495. The van der Waals surface area contributed by atoms with Crippen molar-refractivity contribution in [3.8, 4) is 0 Å². The summed E-state index contributed by atoms with van der Waals surface area (Å²) in [6.45, 7) is 1.60. The van der Waals surface area contributed by atoms with Gasteiger partial charge in [-0.1, -0.05) is 60.7 Å². The molecule has 3 nitrogen and oxygen atoms in total. The lowest BCUT2D eigenvalue weighted by Gasteiger charge is -2.21. The van der Waals surface area contributed by atoms with Crippen LogP contribution in [0.5, 0.6) is 0 Å². The van der Waals surface area contributed by atoms with Gasteiger partial charge in [0.25, 0.3) is 0 Å². The van der Waals surface area contributed by atoms with Gasteiger partial charge in [0, 0.05) is 6.54 Å². The third-order valence-electron chi connectivity index (χ3n) is 4.22. The van der Waals surface area contributed by atoms with Crippen LogP contribution in [0, 0.1) is 0 Å². The molecule has 0 N–H and O–H groups in total. The van der Waals surface area contributed by atoms with Crippen molar-refractivity contribution in [1.82, 2.24) is 4.90 Å². The first-order chi connectivity index (χ1) is 11.4. The lowest BCUT2D eigenvalue weighted by atomic mass is 10.1. The Morgan fingerprint density at radius 1 is 0.826 bits per heavy atom. The zero-order valence-electron chi connectivity index (χ0n) is 12.8. The van der Waals surface area contributed by atoms with Crippen LogP contribution < -0.4 is 0 Å². The molecule has 1 aromatic heterocycles. The summed E-state index contributed by atoms with van der Waals surface area (Å²) in [5.41, 5.74) is 2.40. The van der Waals surface area contributed by atoms with E-state index in [4.69, 9.17) is 9.15 Å². The summed E-state index contributed by atoms with van der Waals surface area (Å²) in [4.78, 5) is 2.33. The van der Waals surface area contributed by atoms with E-state index in [-0.39, 0.29) is 12.3 Å². The van der Waals surface area contributed by atoms with Gasteiger partial charge in [-0.3, -0.25) is 4.90 Å². The molecule has 0 unspecified atom stereocenters. The topological polar surface area (TPSA) is 25.6 Å². The van der Waals surface area contributed by atoms with Gasteiger partial charge in [0.2, 0.25) is 0 Å². The van der Waals surface area contributed by atoms with E-state index in [1.807, 2.05) is 24.3 Å². The minimum atomic E-state index is -0.0495. The molecule has 1 aliphatic rings. The van der Waals surface area contributed by atoms with Gasteiger partial charge in [0.05, 0.1) is 18.9 Å². The fraction of sp³-hybridized carbons (Fsp3) is 0.200. The zero-order chi connectivity index (χ0) is 15.5. The Balaban J connectivity index is 1.61. The van der Waals surface area contributed by atoms with E-state index in [9.17, 15) is 0 Å². The van der Waals surface area contributed by atoms with E-state index in [0.717, 1.165) is 18.8 Å². The van der Waals surface area contributed by atoms with Crippen LogP contribution in [0.1, 0.15) is 29.2 Å². The maximum absolute atomic E-state index is 6.38. The molecule has 0 bridgehead atoms. The van der Waals surface area contributed by atoms with Crippen molar-refractivity contribution >= 4 is 0 Å². The quantitative estimate of drug-likeness (QED) is 0.707. The van der Waals surface area contributed by atoms with Crippen molar-refractivity contribution in [3.63, 3.8) is 0 Å².